The van der Waals surface area contributed by atoms with E-state index in [0.717, 1.165) is 34.7 Å². The lowest BCUT2D eigenvalue weighted by Gasteiger charge is -2.33. The average molecular weight is 431 g/mol. The molecule has 1 aliphatic carbocycles. The maximum Gasteiger partial charge on any atom is 0.344 e. The van der Waals surface area contributed by atoms with E-state index in [1.54, 1.807) is 7.05 Å². The number of imide groups is 1. The van der Waals surface area contributed by atoms with Gasteiger partial charge in [-0.15, -0.1) is 0 Å². The van der Waals surface area contributed by atoms with E-state index in [2.05, 4.69) is 23.0 Å². The molecule has 1 heterocycles. The number of carbonyl (C=O) groups is 4. The van der Waals surface area contributed by atoms with E-state index >= 15 is 0 Å². The van der Waals surface area contributed by atoms with Crippen LogP contribution in [0.1, 0.15) is 43.7 Å². The van der Waals surface area contributed by atoms with Gasteiger partial charge in [-0.1, -0.05) is 19.1 Å². The van der Waals surface area contributed by atoms with Gasteiger partial charge in [-0.2, -0.15) is 5.01 Å². The van der Waals surface area contributed by atoms with Gasteiger partial charge < -0.3 is 15.5 Å². The molecule has 1 saturated carbocycles. The Balaban J connectivity index is 1.51. The Bertz CT molecular complexity index is 892. The smallest absolute Gasteiger partial charge is 0.322 e. The molecule has 1 saturated heterocycles. The molecule has 1 aliphatic heterocycles. The van der Waals surface area contributed by atoms with Crippen LogP contribution in [0.25, 0.3) is 0 Å². The first-order valence-corrected chi connectivity index (χ1v) is 10.7. The van der Waals surface area contributed by atoms with Crippen LogP contribution in [0.2, 0.25) is 0 Å². The molecule has 1 atom stereocenters. The summed E-state index contributed by atoms with van der Waals surface area (Å²) in [5.41, 5.74) is 4.33. The van der Waals surface area contributed by atoms with Crippen LogP contribution >= 0.6 is 0 Å². The van der Waals surface area contributed by atoms with Crippen molar-refractivity contribution in [1.29, 1.82) is 0 Å². The molecule has 9 heteroatoms. The molecule has 9 nitrogen and oxygen atoms in total. The zero-order valence-electron chi connectivity index (χ0n) is 18.6. The average Bonchev–Trinajstić information content (AvgIpc) is 2.92. The highest BCUT2D eigenvalue weighted by atomic mass is 16.2. The molecule has 1 aromatic rings. The van der Waals surface area contributed by atoms with Crippen molar-refractivity contribution in [3.8, 4) is 0 Å². The minimum Gasteiger partial charge on any atom is -0.322 e. The fourth-order valence-electron chi connectivity index (χ4n) is 4.17. The third-order valence-electron chi connectivity index (χ3n) is 6.33. The summed E-state index contributed by atoms with van der Waals surface area (Å²) in [6.45, 7) is 6.06. The number of hydrogen-bond donors (Lipinski definition) is 4. The summed E-state index contributed by atoms with van der Waals surface area (Å²) in [5.74, 6) is -0.597. The van der Waals surface area contributed by atoms with Gasteiger partial charge in [0.25, 0.3) is 17.7 Å². The van der Waals surface area contributed by atoms with Crippen molar-refractivity contribution >= 4 is 29.4 Å². The summed E-state index contributed by atoms with van der Waals surface area (Å²) in [7, 11) is 1.71. The molecular weight excluding hydrogens is 398 g/mol. The first-order chi connectivity index (χ1) is 14.6. The maximum atomic E-state index is 12.8. The van der Waals surface area contributed by atoms with E-state index in [4.69, 9.17) is 0 Å². The molecule has 2 aliphatic rings. The number of likely N-dealkylation sites (N-methyl/N-ethyl adjacent to an activating group) is 1. The van der Waals surface area contributed by atoms with E-state index in [-0.39, 0.29) is 19.0 Å². The summed E-state index contributed by atoms with van der Waals surface area (Å²) in [6.07, 6.45) is 2.87. The van der Waals surface area contributed by atoms with Gasteiger partial charge >= 0.3 is 6.03 Å². The monoisotopic (exact) mass is 430 g/mol. The Hall–Kier alpha value is -2.94. The van der Waals surface area contributed by atoms with Crippen LogP contribution in [0.3, 0.4) is 0 Å². The van der Waals surface area contributed by atoms with Gasteiger partial charge in [-0.25, -0.2) is 4.79 Å². The van der Waals surface area contributed by atoms with E-state index in [1.165, 1.54) is 0 Å². The van der Waals surface area contributed by atoms with Crippen molar-refractivity contribution in [3.63, 3.8) is 0 Å². The molecule has 0 radical (unpaired) electrons. The molecule has 1 spiro atoms. The number of urea groups is 1. The summed E-state index contributed by atoms with van der Waals surface area (Å²) in [6, 6.07) is 5.08. The number of carbonyl (C=O) groups excluding carboxylic acids is 4. The quantitative estimate of drug-likeness (QED) is 0.486. The topological polar surface area (TPSA) is 112 Å². The van der Waals surface area contributed by atoms with Gasteiger partial charge in [0.05, 0.1) is 7.05 Å². The zero-order chi connectivity index (χ0) is 22.8. The molecule has 0 aromatic heterocycles. The molecule has 168 valence electrons. The molecule has 4 N–H and O–H groups in total. The minimum atomic E-state index is -0.902. The van der Waals surface area contributed by atoms with Gasteiger partial charge in [-0.05, 0) is 62.6 Å². The molecule has 31 heavy (non-hydrogen) atoms. The summed E-state index contributed by atoms with van der Waals surface area (Å²) < 4.78 is 0. The third kappa shape index (κ3) is 5.04. The Kier molecular flexibility index (Phi) is 6.64. The Morgan fingerprint density at radius 1 is 1.16 bits per heavy atom. The van der Waals surface area contributed by atoms with E-state index in [9.17, 15) is 19.2 Å². The number of rotatable bonds is 6. The number of benzene rings is 1. The number of nitrogens with one attached hydrogen (secondary N) is 4. The van der Waals surface area contributed by atoms with E-state index < -0.39 is 23.4 Å². The number of quaternary nitrogens is 1. The Morgan fingerprint density at radius 2 is 1.81 bits per heavy atom. The SMILES string of the molecule is Cc1cccc(NC(=O)C[NH+](C)CC(=O)NN2C(=O)NC3(CCC(C)CC3)C2=O)c1C. The van der Waals surface area contributed by atoms with Crippen LogP contribution in [0.5, 0.6) is 0 Å². The van der Waals surface area contributed by atoms with Crippen molar-refractivity contribution in [2.24, 2.45) is 5.92 Å². The second kappa shape index (κ2) is 9.05. The van der Waals surface area contributed by atoms with Gasteiger partial charge in [-0.3, -0.25) is 19.8 Å². The second-order valence-corrected chi connectivity index (χ2v) is 8.98. The Morgan fingerprint density at radius 3 is 2.48 bits per heavy atom. The number of hydrazine groups is 1. The van der Waals surface area contributed by atoms with Crippen molar-refractivity contribution in [1.82, 2.24) is 15.8 Å². The van der Waals surface area contributed by atoms with Crippen molar-refractivity contribution in [3.05, 3.63) is 29.3 Å². The highest BCUT2D eigenvalue weighted by Crippen LogP contribution is 2.35. The van der Waals surface area contributed by atoms with Gasteiger partial charge in [0.15, 0.2) is 13.1 Å². The number of hydrogen-bond acceptors (Lipinski definition) is 4. The first-order valence-electron chi connectivity index (χ1n) is 10.7. The number of anilines is 1. The number of nitrogens with zero attached hydrogens (tertiary/aromatic N) is 1. The van der Waals surface area contributed by atoms with Crippen molar-refractivity contribution in [2.45, 2.75) is 52.0 Å². The fourth-order valence-corrected chi connectivity index (χ4v) is 4.17. The molecular formula is C22H32N5O4+. The van der Waals surface area contributed by atoms with Crippen LogP contribution in [-0.4, -0.2) is 54.4 Å². The normalized spacial score (nSPS) is 24.1. The minimum absolute atomic E-state index is 0.0543. The Labute approximate surface area is 182 Å². The van der Waals surface area contributed by atoms with Gasteiger partial charge in [0.2, 0.25) is 0 Å². The molecule has 1 aromatic carbocycles. The number of amides is 5. The molecule has 5 amide bonds. The summed E-state index contributed by atoms with van der Waals surface area (Å²) in [4.78, 5) is 50.5. The highest BCUT2D eigenvalue weighted by Gasteiger charge is 2.53. The van der Waals surface area contributed by atoms with E-state index in [1.807, 2.05) is 32.0 Å². The maximum absolute atomic E-state index is 12.8. The molecule has 0 bridgehead atoms. The van der Waals surface area contributed by atoms with Crippen LogP contribution in [0.4, 0.5) is 10.5 Å². The molecule has 1 unspecified atom stereocenters. The summed E-state index contributed by atoms with van der Waals surface area (Å²) >= 11 is 0. The largest absolute Gasteiger partial charge is 0.344 e. The lowest BCUT2D eigenvalue weighted by Crippen LogP contribution is -3.11. The predicted octanol–water partition coefficient (Wildman–Crippen LogP) is 0.289. The lowest BCUT2D eigenvalue weighted by atomic mass is 9.77. The van der Waals surface area contributed by atoms with Crippen LogP contribution in [-0.2, 0) is 14.4 Å². The van der Waals surface area contributed by atoms with Crippen LogP contribution < -0.4 is 21.0 Å². The lowest BCUT2D eigenvalue weighted by molar-refractivity contribution is -0.862. The predicted molar refractivity (Wildman–Crippen MR) is 115 cm³/mol. The van der Waals surface area contributed by atoms with Gasteiger partial charge in [0.1, 0.15) is 5.54 Å². The van der Waals surface area contributed by atoms with Crippen molar-refractivity contribution < 1.29 is 24.1 Å². The van der Waals surface area contributed by atoms with Crippen LogP contribution in [0.15, 0.2) is 18.2 Å². The molecule has 2 fully saturated rings. The van der Waals surface area contributed by atoms with E-state index in [0.29, 0.717) is 23.7 Å². The van der Waals surface area contributed by atoms with Gasteiger partial charge in [0, 0.05) is 5.69 Å². The first kappa shape index (κ1) is 22.7. The molecule has 3 rings (SSSR count). The summed E-state index contributed by atoms with van der Waals surface area (Å²) in [5, 5.41) is 6.43. The van der Waals surface area contributed by atoms with Crippen molar-refractivity contribution in [2.75, 3.05) is 25.5 Å². The standard InChI is InChI=1S/C22H31N5O4/c1-14-8-10-22(11-9-14)20(30)27(21(31)24-22)25-19(29)13-26(4)12-18(28)23-17-7-5-6-15(2)16(17)3/h5-7,14H,8-13H2,1-4H3,(H,23,28)(H,24,31)(H,25,29)/p+1. The third-order valence-corrected chi connectivity index (χ3v) is 6.33. The number of aryl methyl sites for hydroxylation is 1. The van der Waals surface area contributed by atoms with Crippen LogP contribution in [0, 0.1) is 19.8 Å². The second-order valence-electron chi connectivity index (χ2n) is 8.98. The fraction of sp³-hybridized carbons (Fsp3) is 0.545. The highest BCUT2D eigenvalue weighted by molar-refractivity contribution is 6.08. The zero-order valence-corrected chi connectivity index (χ0v) is 18.6.